The molecule has 0 fully saturated rings. The first kappa shape index (κ1) is 22.5. The molecule has 7 heteroatoms. The Kier molecular flexibility index (Phi) is 7.32. The third kappa shape index (κ3) is 6.17. The molecule has 0 aliphatic carbocycles. The average molecular weight is 460 g/mol. The van der Waals surface area contributed by atoms with Crippen LogP contribution in [0.4, 0.5) is 4.39 Å². The monoisotopic (exact) mass is 459 g/mol. The van der Waals surface area contributed by atoms with E-state index >= 15 is 0 Å². The normalized spacial score (nSPS) is 10.7. The van der Waals surface area contributed by atoms with Crippen LogP contribution in [-0.4, -0.2) is 22.2 Å². The Labute approximate surface area is 195 Å². The van der Waals surface area contributed by atoms with Crippen LogP contribution in [0.2, 0.25) is 0 Å². The van der Waals surface area contributed by atoms with E-state index in [9.17, 15) is 14.0 Å². The molecule has 33 heavy (non-hydrogen) atoms. The highest BCUT2D eigenvalue weighted by atomic mass is 32.2. The number of benzene rings is 3. The van der Waals surface area contributed by atoms with Crippen LogP contribution in [0.1, 0.15) is 22.3 Å². The Balaban J connectivity index is 1.38. The third-order valence-corrected chi connectivity index (χ3v) is 5.89. The molecule has 1 amide bonds. The third-order valence-electron chi connectivity index (χ3n) is 4.96. The summed E-state index contributed by atoms with van der Waals surface area (Å²) in [5, 5.41) is 7.92. The molecule has 1 heterocycles. The number of aryl methyl sites for hydroxylation is 1. The minimum atomic E-state index is -0.308. The highest BCUT2D eigenvalue weighted by molar-refractivity contribution is 7.99. The summed E-state index contributed by atoms with van der Waals surface area (Å²) in [6.07, 6.45) is 1.76. The van der Waals surface area contributed by atoms with Gasteiger partial charge in [0.2, 0.25) is 0 Å². The van der Waals surface area contributed by atoms with Gasteiger partial charge in [-0.25, -0.2) is 4.39 Å². The number of aromatic nitrogens is 2. The van der Waals surface area contributed by atoms with E-state index in [1.54, 1.807) is 42.5 Å². The van der Waals surface area contributed by atoms with Gasteiger partial charge in [-0.3, -0.25) is 9.59 Å². The zero-order chi connectivity index (χ0) is 23.0. The molecule has 0 bridgehead atoms. The van der Waals surface area contributed by atoms with Crippen LogP contribution < -0.4 is 10.9 Å². The number of carbonyl (C=O) groups is 1. The first-order valence-corrected chi connectivity index (χ1v) is 11.4. The summed E-state index contributed by atoms with van der Waals surface area (Å²) in [5.41, 5.74) is 2.04. The lowest BCUT2D eigenvalue weighted by Gasteiger charge is -2.09. The van der Waals surface area contributed by atoms with Gasteiger partial charge in [-0.05, 0) is 73.0 Å². The second kappa shape index (κ2) is 10.7. The molecule has 0 aliphatic rings. The van der Waals surface area contributed by atoms with Gasteiger partial charge in [0, 0.05) is 23.1 Å². The fourth-order valence-corrected chi connectivity index (χ4v) is 4.02. The molecule has 4 rings (SSSR count). The summed E-state index contributed by atoms with van der Waals surface area (Å²) in [7, 11) is 0. The highest BCUT2D eigenvalue weighted by Gasteiger charge is 2.08. The Bertz CT molecular complexity index is 1270. The van der Waals surface area contributed by atoms with Crippen LogP contribution in [0.3, 0.4) is 0 Å². The first-order valence-electron chi connectivity index (χ1n) is 10.5. The predicted molar refractivity (Wildman–Crippen MR) is 127 cm³/mol. The van der Waals surface area contributed by atoms with E-state index in [4.69, 9.17) is 0 Å². The SMILES string of the molecule is O=C(NCCCc1ccccc1)c1ccc(-n2nc(Sc3ccc(F)cc3)ccc2=O)cc1. The average Bonchev–Trinajstić information content (AvgIpc) is 2.85. The standard InChI is InChI=1S/C26H22FN3O2S/c27-21-10-14-23(15-11-21)33-24-16-17-25(31)30(29-24)22-12-8-20(9-13-22)26(32)28-18-4-7-19-5-2-1-3-6-19/h1-3,5-6,8-17H,4,7,18H2,(H,28,32). The molecule has 166 valence electrons. The van der Waals surface area contributed by atoms with Crippen molar-refractivity contribution in [2.45, 2.75) is 22.8 Å². The topological polar surface area (TPSA) is 64.0 Å². The summed E-state index contributed by atoms with van der Waals surface area (Å²) < 4.78 is 14.4. The van der Waals surface area contributed by atoms with Gasteiger partial charge < -0.3 is 5.32 Å². The number of amides is 1. The lowest BCUT2D eigenvalue weighted by atomic mass is 10.1. The van der Waals surface area contributed by atoms with Crippen molar-refractivity contribution in [3.63, 3.8) is 0 Å². The Morgan fingerprint density at radius 1 is 0.909 bits per heavy atom. The number of nitrogens with zero attached hydrogens (tertiary/aromatic N) is 2. The molecule has 5 nitrogen and oxygen atoms in total. The van der Waals surface area contributed by atoms with Crippen LogP contribution in [0, 0.1) is 5.82 Å². The molecular formula is C26H22FN3O2S. The smallest absolute Gasteiger partial charge is 0.271 e. The van der Waals surface area contributed by atoms with Crippen molar-refractivity contribution in [1.29, 1.82) is 0 Å². The summed E-state index contributed by atoms with van der Waals surface area (Å²) in [6.45, 7) is 0.582. The van der Waals surface area contributed by atoms with Gasteiger partial charge in [-0.1, -0.05) is 42.1 Å². The molecule has 0 saturated heterocycles. The van der Waals surface area contributed by atoms with E-state index in [1.807, 2.05) is 18.2 Å². The van der Waals surface area contributed by atoms with Gasteiger partial charge in [0.25, 0.3) is 11.5 Å². The Hall–Kier alpha value is -3.71. The fourth-order valence-electron chi connectivity index (χ4n) is 3.25. The van der Waals surface area contributed by atoms with Gasteiger partial charge in [-0.15, -0.1) is 0 Å². The lowest BCUT2D eigenvalue weighted by molar-refractivity contribution is 0.0953. The molecule has 3 aromatic carbocycles. The van der Waals surface area contributed by atoms with E-state index in [0.717, 1.165) is 17.7 Å². The molecule has 0 saturated carbocycles. The van der Waals surface area contributed by atoms with Gasteiger partial charge in [-0.2, -0.15) is 9.78 Å². The van der Waals surface area contributed by atoms with E-state index < -0.39 is 0 Å². The zero-order valence-electron chi connectivity index (χ0n) is 17.8. The van der Waals surface area contributed by atoms with Crippen LogP contribution >= 0.6 is 11.8 Å². The molecule has 4 aromatic rings. The Morgan fingerprint density at radius 3 is 2.36 bits per heavy atom. The number of carbonyl (C=O) groups excluding carboxylic acids is 1. The maximum absolute atomic E-state index is 13.1. The number of nitrogens with one attached hydrogen (secondary N) is 1. The van der Waals surface area contributed by atoms with Crippen molar-refractivity contribution in [2.75, 3.05) is 6.54 Å². The molecule has 0 unspecified atom stereocenters. The molecular weight excluding hydrogens is 437 g/mol. The zero-order valence-corrected chi connectivity index (χ0v) is 18.6. The number of hydrogen-bond acceptors (Lipinski definition) is 4. The van der Waals surface area contributed by atoms with E-state index in [0.29, 0.717) is 22.8 Å². The largest absolute Gasteiger partial charge is 0.352 e. The first-order chi connectivity index (χ1) is 16.1. The summed E-state index contributed by atoms with van der Waals surface area (Å²) in [4.78, 5) is 25.6. The van der Waals surface area contributed by atoms with Crippen LogP contribution in [0.15, 0.2) is 106 Å². The summed E-state index contributed by atoms with van der Waals surface area (Å²) >= 11 is 1.33. The van der Waals surface area contributed by atoms with Crippen molar-refractivity contribution >= 4 is 17.7 Å². The van der Waals surface area contributed by atoms with Crippen LogP contribution in [0.25, 0.3) is 5.69 Å². The second-order valence-corrected chi connectivity index (χ2v) is 8.46. The van der Waals surface area contributed by atoms with E-state index in [1.165, 1.54) is 40.2 Å². The van der Waals surface area contributed by atoms with Crippen molar-refractivity contribution in [1.82, 2.24) is 15.1 Å². The molecule has 1 N–H and O–H groups in total. The quantitative estimate of drug-likeness (QED) is 0.381. The number of hydrogen-bond donors (Lipinski definition) is 1. The van der Waals surface area contributed by atoms with Crippen molar-refractivity contribution < 1.29 is 9.18 Å². The maximum Gasteiger partial charge on any atom is 0.271 e. The van der Waals surface area contributed by atoms with Crippen LogP contribution in [-0.2, 0) is 6.42 Å². The minimum absolute atomic E-state index is 0.157. The maximum atomic E-state index is 13.1. The van der Waals surface area contributed by atoms with E-state index in [-0.39, 0.29) is 17.3 Å². The molecule has 0 atom stereocenters. The van der Waals surface area contributed by atoms with Crippen molar-refractivity contribution in [2.24, 2.45) is 0 Å². The van der Waals surface area contributed by atoms with Gasteiger partial charge in [0.1, 0.15) is 10.8 Å². The molecule has 0 radical (unpaired) electrons. The molecule has 0 aliphatic heterocycles. The molecule has 0 spiro atoms. The Morgan fingerprint density at radius 2 is 1.64 bits per heavy atom. The number of rotatable bonds is 8. The van der Waals surface area contributed by atoms with E-state index in [2.05, 4.69) is 22.5 Å². The van der Waals surface area contributed by atoms with Gasteiger partial charge in [0.05, 0.1) is 5.69 Å². The van der Waals surface area contributed by atoms with Crippen molar-refractivity contribution in [3.05, 3.63) is 118 Å². The summed E-state index contributed by atoms with van der Waals surface area (Å²) in [5.74, 6) is -0.465. The van der Waals surface area contributed by atoms with Crippen molar-refractivity contribution in [3.8, 4) is 5.69 Å². The van der Waals surface area contributed by atoms with Crippen LogP contribution in [0.5, 0.6) is 0 Å². The number of halogens is 1. The molecule has 1 aromatic heterocycles. The summed E-state index contributed by atoms with van der Waals surface area (Å²) in [6, 6.07) is 26.0. The second-order valence-electron chi connectivity index (χ2n) is 7.37. The minimum Gasteiger partial charge on any atom is -0.352 e. The lowest BCUT2D eigenvalue weighted by Crippen LogP contribution is -2.25. The van der Waals surface area contributed by atoms with Gasteiger partial charge in [0.15, 0.2) is 0 Å². The highest BCUT2D eigenvalue weighted by Crippen LogP contribution is 2.25. The van der Waals surface area contributed by atoms with Gasteiger partial charge >= 0.3 is 0 Å². The predicted octanol–water partition coefficient (Wildman–Crippen LogP) is 4.89. The fraction of sp³-hybridized carbons (Fsp3) is 0.115.